The van der Waals surface area contributed by atoms with Gasteiger partial charge in [-0.25, -0.2) is 5.48 Å². The summed E-state index contributed by atoms with van der Waals surface area (Å²) >= 11 is 0. The molecule has 1 unspecified atom stereocenters. The number of aliphatic imine (C=N–C) groups is 1. The Morgan fingerprint density at radius 1 is 1.62 bits per heavy atom. The molecule has 0 aromatic heterocycles. The van der Waals surface area contributed by atoms with Crippen LogP contribution in [-0.4, -0.2) is 16.8 Å². The Hall–Kier alpha value is -1.68. The average molecular weight is 218 g/mol. The van der Waals surface area contributed by atoms with Crippen LogP contribution in [0, 0.1) is 5.92 Å². The fourth-order valence-electron chi connectivity index (χ4n) is 1.80. The van der Waals surface area contributed by atoms with Gasteiger partial charge in [0.2, 0.25) is 5.91 Å². The van der Waals surface area contributed by atoms with Crippen LogP contribution < -0.4 is 5.48 Å². The molecule has 2 rings (SSSR count). The van der Waals surface area contributed by atoms with E-state index in [-0.39, 0.29) is 12.3 Å². The molecule has 84 valence electrons. The van der Waals surface area contributed by atoms with Crippen LogP contribution in [-0.2, 0) is 4.79 Å². The van der Waals surface area contributed by atoms with Crippen LogP contribution in [0.2, 0.25) is 0 Å². The molecule has 0 bridgehead atoms. The first-order valence-corrected chi connectivity index (χ1v) is 5.35. The Morgan fingerprint density at radius 2 is 2.50 bits per heavy atom. The largest absolute Gasteiger partial charge is 0.289 e. The molecule has 1 heterocycles. The highest BCUT2D eigenvalue weighted by Gasteiger charge is 2.16. The van der Waals surface area contributed by atoms with Crippen LogP contribution in [0.4, 0.5) is 0 Å². The van der Waals surface area contributed by atoms with E-state index >= 15 is 0 Å². The van der Waals surface area contributed by atoms with Crippen molar-refractivity contribution in [1.29, 1.82) is 0 Å². The Morgan fingerprint density at radius 3 is 3.31 bits per heavy atom. The van der Waals surface area contributed by atoms with Crippen molar-refractivity contribution in [1.82, 2.24) is 5.48 Å². The third-order valence-electron chi connectivity index (χ3n) is 2.70. The summed E-state index contributed by atoms with van der Waals surface area (Å²) < 4.78 is 0. The zero-order valence-corrected chi connectivity index (χ0v) is 8.89. The molecule has 2 N–H and O–H groups in total. The molecule has 0 radical (unpaired) electrons. The van der Waals surface area contributed by atoms with Gasteiger partial charge in [-0.3, -0.25) is 15.0 Å². The van der Waals surface area contributed by atoms with Crippen molar-refractivity contribution >= 4 is 11.6 Å². The van der Waals surface area contributed by atoms with Crippen molar-refractivity contribution < 1.29 is 10.0 Å². The minimum Gasteiger partial charge on any atom is -0.289 e. The van der Waals surface area contributed by atoms with Crippen LogP contribution in [0.25, 0.3) is 0 Å². The number of hydrogen-bond donors (Lipinski definition) is 2. The van der Waals surface area contributed by atoms with Crippen molar-refractivity contribution in [3.63, 3.8) is 0 Å². The van der Waals surface area contributed by atoms with E-state index in [1.807, 2.05) is 18.2 Å². The number of nitrogens with zero attached hydrogens (tertiary/aromatic N) is 1. The van der Waals surface area contributed by atoms with Crippen molar-refractivity contribution in [3.05, 3.63) is 36.1 Å². The van der Waals surface area contributed by atoms with Gasteiger partial charge in [-0.2, -0.15) is 0 Å². The third-order valence-corrected chi connectivity index (χ3v) is 2.70. The molecular weight excluding hydrogens is 204 g/mol. The lowest BCUT2D eigenvalue weighted by atomic mass is 9.93. The zero-order chi connectivity index (χ0) is 11.4. The van der Waals surface area contributed by atoms with Gasteiger partial charge < -0.3 is 0 Å². The van der Waals surface area contributed by atoms with Crippen LogP contribution in [0.15, 0.2) is 41.1 Å². The molecule has 0 aromatic rings. The van der Waals surface area contributed by atoms with E-state index in [1.54, 1.807) is 5.48 Å². The van der Waals surface area contributed by atoms with E-state index < -0.39 is 0 Å². The van der Waals surface area contributed by atoms with E-state index in [1.165, 1.54) is 0 Å². The normalized spacial score (nSPS) is 22.2. The maximum absolute atomic E-state index is 10.9. The van der Waals surface area contributed by atoms with Crippen LogP contribution in [0.5, 0.6) is 0 Å². The third kappa shape index (κ3) is 2.46. The van der Waals surface area contributed by atoms with E-state index in [9.17, 15) is 4.79 Å². The molecule has 0 saturated carbocycles. The summed E-state index contributed by atoms with van der Waals surface area (Å²) in [6.07, 6.45) is 12.0. The molecule has 4 heteroatoms. The number of carbonyl (C=O) groups is 1. The first-order chi connectivity index (χ1) is 7.79. The summed E-state index contributed by atoms with van der Waals surface area (Å²) in [5, 5.41) is 8.37. The van der Waals surface area contributed by atoms with Gasteiger partial charge in [0, 0.05) is 23.7 Å². The van der Waals surface area contributed by atoms with Gasteiger partial charge in [0.1, 0.15) is 0 Å². The second kappa shape index (κ2) is 4.90. The van der Waals surface area contributed by atoms with E-state index in [0.29, 0.717) is 12.3 Å². The number of hydrogen-bond acceptors (Lipinski definition) is 3. The molecule has 4 nitrogen and oxygen atoms in total. The summed E-state index contributed by atoms with van der Waals surface area (Å²) in [7, 11) is 0. The molecule has 0 fully saturated rings. The van der Waals surface area contributed by atoms with Crippen molar-refractivity contribution in [2.75, 3.05) is 0 Å². The first-order valence-electron chi connectivity index (χ1n) is 5.35. The van der Waals surface area contributed by atoms with Crippen molar-refractivity contribution in [2.24, 2.45) is 10.9 Å². The number of amides is 1. The number of hydroxylamine groups is 1. The lowest BCUT2D eigenvalue weighted by Crippen LogP contribution is -2.19. The Bertz CT molecular complexity index is 405. The molecule has 0 saturated heterocycles. The molecule has 1 atom stereocenters. The van der Waals surface area contributed by atoms with E-state index in [4.69, 9.17) is 5.21 Å². The van der Waals surface area contributed by atoms with Gasteiger partial charge in [0.05, 0.1) is 0 Å². The lowest BCUT2D eigenvalue weighted by molar-refractivity contribution is -0.129. The van der Waals surface area contributed by atoms with Gasteiger partial charge in [0.25, 0.3) is 0 Å². The lowest BCUT2D eigenvalue weighted by Gasteiger charge is -2.19. The number of nitrogens with one attached hydrogen (secondary N) is 1. The van der Waals surface area contributed by atoms with Gasteiger partial charge in [-0.05, 0) is 25.0 Å². The number of dihydropyridines is 1. The molecule has 16 heavy (non-hydrogen) atoms. The minimum absolute atomic E-state index is 0.257. The molecule has 2 aliphatic rings. The number of carbonyl (C=O) groups excluding carboxylic acids is 1. The summed E-state index contributed by atoms with van der Waals surface area (Å²) in [5.41, 5.74) is 3.57. The quantitative estimate of drug-likeness (QED) is 0.560. The van der Waals surface area contributed by atoms with Gasteiger partial charge in [0.15, 0.2) is 0 Å². The Balaban J connectivity index is 1.99. The fraction of sp³-hybridized carbons (Fsp3) is 0.333. The Kier molecular flexibility index (Phi) is 3.31. The Labute approximate surface area is 94.0 Å². The maximum Gasteiger partial charge on any atom is 0.243 e. The zero-order valence-electron chi connectivity index (χ0n) is 8.89. The topological polar surface area (TPSA) is 61.7 Å². The fourth-order valence-corrected chi connectivity index (χ4v) is 1.80. The number of fused-ring (bicyclic) bond motifs is 1. The van der Waals surface area contributed by atoms with Gasteiger partial charge in [-0.15, -0.1) is 0 Å². The molecular formula is C12H14N2O2. The molecule has 0 aromatic carbocycles. The highest BCUT2D eigenvalue weighted by molar-refractivity contribution is 5.98. The second-order valence-electron chi connectivity index (χ2n) is 3.86. The summed E-state index contributed by atoms with van der Waals surface area (Å²) in [4.78, 5) is 15.4. The summed E-state index contributed by atoms with van der Waals surface area (Å²) in [5.74, 6) is 0.0103. The predicted octanol–water partition coefficient (Wildman–Crippen LogP) is 1.74. The highest BCUT2D eigenvalue weighted by Crippen LogP contribution is 2.26. The van der Waals surface area contributed by atoms with Crippen LogP contribution in [0.3, 0.4) is 0 Å². The molecule has 0 spiro atoms. The van der Waals surface area contributed by atoms with Gasteiger partial charge in [-0.1, -0.05) is 18.2 Å². The molecule has 1 amide bonds. The van der Waals surface area contributed by atoms with Crippen LogP contribution >= 0.6 is 0 Å². The highest BCUT2D eigenvalue weighted by atomic mass is 16.5. The predicted molar refractivity (Wildman–Crippen MR) is 61.1 cm³/mol. The standard InChI is InChI=1S/C12H14N2O2/c15-12(14-16)8-7-10-6-5-9-3-1-2-4-11(9)13-10/h1-2,4-6,9,16H,3,7-8H2,(H,14,15). The first kappa shape index (κ1) is 10.8. The maximum atomic E-state index is 10.9. The number of allylic oxidation sites excluding steroid dienone is 5. The van der Waals surface area contributed by atoms with E-state index in [0.717, 1.165) is 17.8 Å². The number of rotatable bonds is 3. The second-order valence-corrected chi connectivity index (χ2v) is 3.86. The monoisotopic (exact) mass is 218 g/mol. The summed E-state index contributed by atoms with van der Waals surface area (Å²) in [6.45, 7) is 0. The van der Waals surface area contributed by atoms with Crippen molar-refractivity contribution in [3.8, 4) is 0 Å². The van der Waals surface area contributed by atoms with Gasteiger partial charge >= 0.3 is 0 Å². The van der Waals surface area contributed by atoms with Crippen molar-refractivity contribution in [2.45, 2.75) is 19.3 Å². The summed E-state index contributed by atoms with van der Waals surface area (Å²) in [6, 6.07) is 0. The molecule has 1 aliphatic carbocycles. The SMILES string of the molecule is O=C(CCC1=NC2=CC=CCC2C=C1)NO. The van der Waals surface area contributed by atoms with E-state index in [2.05, 4.69) is 17.1 Å². The average Bonchev–Trinajstić information content (AvgIpc) is 2.35. The molecule has 1 aliphatic heterocycles. The minimum atomic E-state index is -0.379. The smallest absolute Gasteiger partial charge is 0.243 e. The van der Waals surface area contributed by atoms with Crippen LogP contribution in [0.1, 0.15) is 19.3 Å².